The van der Waals surface area contributed by atoms with Gasteiger partial charge in [0.25, 0.3) is 5.56 Å². The van der Waals surface area contributed by atoms with Crippen molar-refractivity contribution >= 4 is 52.6 Å². The lowest BCUT2D eigenvalue weighted by molar-refractivity contribution is -0.120. The maximum absolute atomic E-state index is 15.3. The van der Waals surface area contributed by atoms with Crippen molar-refractivity contribution in [2.24, 2.45) is 0 Å². The quantitative estimate of drug-likeness (QED) is 0.115. The number of nitrogens with two attached hydrogens (primary N) is 2. The monoisotopic (exact) mass is 651 g/mol. The standard InChI is InChI=1S/C19H21F3N11O8PS/c20-7-10(35)5(39-16(7)33-13-8(30-31-33)12(23)25-3-26-13)2-38-42(37,43)41-11-17(40-6(1-34)19(11,21)22)32-4-27-9-14(32)28-18(24)29-15(9)36/h3-7,10-11,16-17,34-35H,1-2H2,(H,37,43)(H2,23,25,26)(H3,24,28,29,36)/t5-,6-,7+,10-,11+,16?,17-,42?/m1/s1. The minimum Gasteiger partial charge on any atom is -0.393 e. The number of nitrogen functional groups attached to an aromatic ring is 2. The van der Waals surface area contributed by atoms with Crippen LogP contribution >= 0.6 is 6.72 Å². The number of halogens is 3. The highest BCUT2D eigenvalue weighted by Gasteiger charge is 2.62. The summed E-state index contributed by atoms with van der Waals surface area (Å²) < 4.78 is 68.7. The summed E-state index contributed by atoms with van der Waals surface area (Å²) >= 11 is 4.93. The first-order chi connectivity index (χ1) is 20.3. The number of aliphatic hydroxyl groups is 2. The second-order valence-corrected chi connectivity index (χ2v) is 12.2. The minimum atomic E-state index is -4.64. The topological polar surface area (TPSA) is 270 Å². The number of fused-ring (bicyclic) bond motifs is 2. The number of alkyl halides is 3. The van der Waals surface area contributed by atoms with E-state index in [-0.39, 0.29) is 34.1 Å². The molecule has 4 aromatic rings. The van der Waals surface area contributed by atoms with E-state index >= 15 is 13.2 Å². The summed E-state index contributed by atoms with van der Waals surface area (Å²) in [7, 11) is 0. The molecule has 0 radical (unpaired) electrons. The molecule has 0 amide bonds. The van der Waals surface area contributed by atoms with Gasteiger partial charge in [0.1, 0.15) is 24.6 Å². The molecule has 2 fully saturated rings. The summed E-state index contributed by atoms with van der Waals surface area (Å²) in [6.07, 6.45) is -11.4. The zero-order chi connectivity index (χ0) is 30.8. The van der Waals surface area contributed by atoms with E-state index in [4.69, 9.17) is 41.8 Å². The normalized spacial score (nSPS) is 30.3. The van der Waals surface area contributed by atoms with E-state index in [9.17, 15) is 19.9 Å². The van der Waals surface area contributed by atoms with Gasteiger partial charge in [0.2, 0.25) is 5.95 Å². The Hall–Kier alpha value is -3.41. The summed E-state index contributed by atoms with van der Waals surface area (Å²) in [6.45, 7) is -6.63. The molecule has 8 atom stereocenters. The molecule has 232 valence electrons. The number of aromatic amines is 1. The fourth-order valence-corrected chi connectivity index (χ4v) is 6.05. The molecule has 4 aromatic heterocycles. The molecule has 0 bridgehead atoms. The Morgan fingerprint density at radius 3 is 2.70 bits per heavy atom. The van der Waals surface area contributed by atoms with Crippen LogP contribution in [-0.4, -0.2) is 109 Å². The molecule has 2 unspecified atom stereocenters. The van der Waals surface area contributed by atoms with Gasteiger partial charge < -0.3 is 40.6 Å². The molecule has 0 aliphatic carbocycles. The van der Waals surface area contributed by atoms with Gasteiger partial charge in [-0.2, -0.15) is 9.67 Å². The maximum atomic E-state index is 15.3. The van der Waals surface area contributed by atoms with Crippen LogP contribution in [0.5, 0.6) is 0 Å². The van der Waals surface area contributed by atoms with Crippen LogP contribution in [-0.2, 0) is 30.3 Å². The Labute approximate surface area is 240 Å². The number of aromatic nitrogens is 9. The summed E-state index contributed by atoms with van der Waals surface area (Å²) in [6, 6.07) is 0. The van der Waals surface area contributed by atoms with Gasteiger partial charge in [-0.05, 0) is 11.8 Å². The van der Waals surface area contributed by atoms with Gasteiger partial charge in [-0.3, -0.25) is 18.9 Å². The minimum absolute atomic E-state index is 0.00253. The molecular weight excluding hydrogens is 630 g/mol. The third-order valence-electron chi connectivity index (χ3n) is 6.73. The van der Waals surface area contributed by atoms with Gasteiger partial charge in [0.05, 0.1) is 19.5 Å². The van der Waals surface area contributed by atoms with Crippen LogP contribution in [0.2, 0.25) is 0 Å². The van der Waals surface area contributed by atoms with Crippen molar-refractivity contribution in [3.05, 3.63) is 23.0 Å². The van der Waals surface area contributed by atoms with E-state index < -0.39 is 74.5 Å². The number of hydrogen-bond donors (Lipinski definition) is 6. The van der Waals surface area contributed by atoms with E-state index in [2.05, 4.69) is 35.2 Å². The van der Waals surface area contributed by atoms with Gasteiger partial charge in [-0.25, -0.2) is 28.1 Å². The molecule has 2 saturated heterocycles. The molecule has 6 rings (SSSR count). The van der Waals surface area contributed by atoms with Crippen LogP contribution in [0.1, 0.15) is 12.5 Å². The molecule has 0 saturated carbocycles. The van der Waals surface area contributed by atoms with E-state index in [1.165, 1.54) is 0 Å². The highest BCUT2D eigenvalue weighted by atomic mass is 32.5. The van der Waals surface area contributed by atoms with Crippen molar-refractivity contribution in [2.75, 3.05) is 24.7 Å². The lowest BCUT2D eigenvalue weighted by Crippen LogP contribution is -2.42. The molecule has 2 aliphatic heterocycles. The number of rotatable bonds is 8. The largest absolute Gasteiger partial charge is 0.393 e. The number of H-pyrrole nitrogens is 1. The average molecular weight is 651 g/mol. The second-order valence-electron chi connectivity index (χ2n) is 9.40. The SMILES string of the molecule is Nc1nc2c(ncn2[C@@H]2O[C@H](CO)C(F)(F)[C@H]2OP(O)(=S)OC[C@H]2OC(n3nnc4c(N)ncnc43)[C@@H](F)[C@@H]2O)c(=O)[nH]1. The first-order valence-corrected chi connectivity index (χ1v) is 14.7. The molecular formula is C19H21F3N11O8PS. The fourth-order valence-electron chi connectivity index (χ4n) is 4.66. The van der Waals surface area contributed by atoms with Crippen LogP contribution in [0.3, 0.4) is 0 Å². The highest BCUT2D eigenvalue weighted by molar-refractivity contribution is 8.07. The van der Waals surface area contributed by atoms with Crippen molar-refractivity contribution in [1.82, 2.24) is 44.5 Å². The van der Waals surface area contributed by atoms with E-state index in [0.717, 1.165) is 21.9 Å². The summed E-state index contributed by atoms with van der Waals surface area (Å²) in [4.78, 5) is 40.5. The average Bonchev–Trinajstić information content (AvgIpc) is 3.68. The fraction of sp³-hybridized carbons (Fsp3) is 0.526. The molecule has 19 nitrogen and oxygen atoms in total. The summed E-state index contributed by atoms with van der Waals surface area (Å²) in [5, 5.41) is 27.5. The Morgan fingerprint density at radius 1 is 1.19 bits per heavy atom. The number of anilines is 2. The molecule has 24 heteroatoms. The van der Waals surface area contributed by atoms with Crippen LogP contribution < -0.4 is 17.0 Å². The van der Waals surface area contributed by atoms with Gasteiger partial charge in [0, 0.05) is 0 Å². The Balaban J connectivity index is 1.21. The molecule has 2 aliphatic rings. The molecule has 6 heterocycles. The second kappa shape index (κ2) is 10.6. The van der Waals surface area contributed by atoms with Crippen molar-refractivity contribution < 1.29 is 46.8 Å². The van der Waals surface area contributed by atoms with Gasteiger partial charge in [0.15, 0.2) is 52.9 Å². The molecule has 8 N–H and O–H groups in total. The van der Waals surface area contributed by atoms with Crippen molar-refractivity contribution in [2.45, 2.75) is 49.0 Å². The first kappa shape index (κ1) is 29.7. The maximum Gasteiger partial charge on any atom is 0.325 e. The van der Waals surface area contributed by atoms with Gasteiger partial charge in [-0.1, -0.05) is 5.21 Å². The smallest absolute Gasteiger partial charge is 0.325 e. The number of ether oxygens (including phenoxy) is 2. The van der Waals surface area contributed by atoms with Crippen molar-refractivity contribution in [3.8, 4) is 0 Å². The van der Waals surface area contributed by atoms with Crippen LogP contribution in [0, 0.1) is 0 Å². The number of nitrogens with zero attached hydrogens (tertiary/aromatic N) is 8. The molecule has 0 spiro atoms. The van der Waals surface area contributed by atoms with Crippen LogP contribution in [0.4, 0.5) is 24.9 Å². The third kappa shape index (κ3) is 5.01. The number of imidazole rings is 1. The Morgan fingerprint density at radius 2 is 1.95 bits per heavy atom. The zero-order valence-corrected chi connectivity index (χ0v) is 22.9. The Bertz CT molecular complexity index is 1790. The van der Waals surface area contributed by atoms with E-state index in [1.807, 2.05) is 0 Å². The van der Waals surface area contributed by atoms with Crippen molar-refractivity contribution in [1.29, 1.82) is 0 Å². The lowest BCUT2D eigenvalue weighted by atomic mass is 10.1. The molecule has 0 aromatic carbocycles. The van der Waals surface area contributed by atoms with Crippen LogP contribution in [0.15, 0.2) is 17.4 Å². The van der Waals surface area contributed by atoms with Gasteiger partial charge >= 0.3 is 12.6 Å². The lowest BCUT2D eigenvalue weighted by Gasteiger charge is -2.28. The number of hydrogen-bond acceptors (Lipinski definition) is 16. The number of aliphatic hydroxyl groups excluding tert-OH is 2. The first-order valence-electron chi connectivity index (χ1n) is 12.1. The number of nitrogens with one attached hydrogen (secondary N) is 1. The molecule has 43 heavy (non-hydrogen) atoms. The predicted molar refractivity (Wildman–Crippen MR) is 138 cm³/mol. The van der Waals surface area contributed by atoms with Crippen molar-refractivity contribution in [3.63, 3.8) is 0 Å². The Kier molecular flexibility index (Phi) is 7.34. The van der Waals surface area contributed by atoms with E-state index in [1.54, 1.807) is 0 Å². The highest BCUT2D eigenvalue weighted by Crippen LogP contribution is 2.54. The summed E-state index contributed by atoms with van der Waals surface area (Å²) in [5.41, 5.74) is 10.0. The predicted octanol–water partition coefficient (Wildman–Crippen LogP) is -1.74. The zero-order valence-electron chi connectivity index (χ0n) is 21.2. The van der Waals surface area contributed by atoms with Gasteiger partial charge in [-0.15, -0.1) is 5.10 Å². The van der Waals surface area contributed by atoms with Crippen LogP contribution in [0.25, 0.3) is 22.3 Å². The third-order valence-corrected chi connectivity index (χ3v) is 8.28. The summed E-state index contributed by atoms with van der Waals surface area (Å²) in [5.74, 6) is -4.37. The van der Waals surface area contributed by atoms with E-state index in [0.29, 0.717) is 0 Å².